The van der Waals surface area contributed by atoms with Gasteiger partial charge in [0.25, 0.3) is 0 Å². The van der Waals surface area contributed by atoms with Crippen LogP contribution in [0.3, 0.4) is 0 Å². The lowest BCUT2D eigenvalue weighted by Gasteiger charge is -2.11. The molecule has 0 aliphatic rings. The van der Waals surface area contributed by atoms with Gasteiger partial charge >= 0.3 is 0 Å². The molecule has 0 aliphatic heterocycles. The van der Waals surface area contributed by atoms with E-state index < -0.39 is 0 Å². The van der Waals surface area contributed by atoms with Gasteiger partial charge in [-0.2, -0.15) is 5.26 Å². The molecule has 0 aliphatic carbocycles. The number of nitrogen functional groups attached to an aromatic ring is 1. The number of hydrogen-bond donors (Lipinski definition) is 2. The minimum Gasteiger partial charge on any atom is -0.392 e. The summed E-state index contributed by atoms with van der Waals surface area (Å²) in [6, 6.07) is 18.7. The van der Waals surface area contributed by atoms with Crippen LogP contribution in [0.1, 0.15) is 25.0 Å². The Hall–Kier alpha value is -4.61. The lowest BCUT2D eigenvalue weighted by atomic mass is 10.1. The number of hydrogen-bond acceptors (Lipinski definition) is 7. The molecule has 5 aromatic rings. The van der Waals surface area contributed by atoms with Crippen LogP contribution in [0.2, 0.25) is 0 Å². The van der Waals surface area contributed by atoms with Crippen molar-refractivity contribution in [3.05, 3.63) is 84.3 Å². The molecule has 8 nitrogen and oxygen atoms in total. The number of anilines is 1. The lowest BCUT2D eigenvalue weighted by molar-refractivity contribution is 0.282. The molecule has 4 heterocycles. The number of aliphatic hydroxyl groups excluding tert-OH is 1. The van der Waals surface area contributed by atoms with Gasteiger partial charge in [-0.25, -0.2) is 15.0 Å². The molecule has 0 spiro atoms. The highest BCUT2D eigenvalue weighted by Gasteiger charge is 2.18. The minimum absolute atomic E-state index is 0.0437. The summed E-state index contributed by atoms with van der Waals surface area (Å²) in [4.78, 5) is 18.0. The van der Waals surface area contributed by atoms with Crippen molar-refractivity contribution in [1.82, 2.24) is 24.5 Å². The predicted molar refractivity (Wildman–Crippen MR) is 132 cm³/mol. The van der Waals surface area contributed by atoms with Crippen molar-refractivity contribution in [3.8, 4) is 34.4 Å². The molecule has 168 valence electrons. The highest BCUT2D eigenvalue weighted by molar-refractivity contribution is 5.84. The molecular formula is C26H23N7O. The number of pyridine rings is 3. The fourth-order valence-corrected chi connectivity index (χ4v) is 3.54. The quantitative estimate of drug-likeness (QED) is 0.413. The van der Waals surface area contributed by atoms with E-state index in [4.69, 9.17) is 15.7 Å². The van der Waals surface area contributed by atoms with Crippen molar-refractivity contribution in [1.29, 1.82) is 5.26 Å². The summed E-state index contributed by atoms with van der Waals surface area (Å²) < 4.78 is 1.91. The Kier molecular flexibility index (Phi) is 6.57. The molecule has 0 bridgehead atoms. The van der Waals surface area contributed by atoms with E-state index in [2.05, 4.69) is 16.0 Å². The summed E-state index contributed by atoms with van der Waals surface area (Å²) in [6.07, 6.45) is 4.82. The van der Waals surface area contributed by atoms with Gasteiger partial charge in [-0.3, -0.25) is 9.55 Å². The molecule has 0 fully saturated rings. The first-order valence-corrected chi connectivity index (χ1v) is 10.8. The van der Waals surface area contributed by atoms with Gasteiger partial charge in [0.2, 0.25) is 0 Å². The predicted octanol–water partition coefficient (Wildman–Crippen LogP) is 4.52. The third kappa shape index (κ3) is 4.20. The number of nitrogens with two attached hydrogens (primary N) is 1. The zero-order valence-corrected chi connectivity index (χ0v) is 18.8. The summed E-state index contributed by atoms with van der Waals surface area (Å²) in [5.41, 5.74) is 11.6. The van der Waals surface area contributed by atoms with Gasteiger partial charge in [0.05, 0.1) is 23.4 Å². The maximum Gasteiger partial charge on any atom is 0.165 e. The van der Waals surface area contributed by atoms with Crippen LogP contribution in [-0.4, -0.2) is 29.6 Å². The van der Waals surface area contributed by atoms with Crippen LogP contribution >= 0.6 is 0 Å². The molecule has 4 aromatic heterocycles. The zero-order valence-electron chi connectivity index (χ0n) is 18.8. The van der Waals surface area contributed by atoms with Crippen LogP contribution in [0, 0.1) is 11.3 Å². The Balaban J connectivity index is 0.00000133. The molecule has 1 aromatic carbocycles. The Morgan fingerprint density at radius 2 is 1.82 bits per heavy atom. The summed E-state index contributed by atoms with van der Waals surface area (Å²) >= 11 is 0. The molecule has 5 rings (SSSR count). The van der Waals surface area contributed by atoms with E-state index in [1.165, 1.54) is 6.20 Å². The Morgan fingerprint density at radius 3 is 2.53 bits per heavy atom. The molecule has 8 heteroatoms. The normalized spacial score (nSPS) is 10.4. The second-order valence-corrected chi connectivity index (χ2v) is 7.14. The van der Waals surface area contributed by atoms with E-state index >= 15 is 0 Å². The highest BCUT2D eigenvalue weighted by atomic mass is 16.3. The average Bonchev–Trinajstić information content (AvgIpc) is 3.28. The van der Waals surface area contributed by atoms with Crippen LogP contribution in [0.25, 0.3) is 39.5 Å². The molecular weight excluding hydrogens is 426 g/mol. The van der Waals surface area contributed by atoms with Crippen molar-refractivity contribution in [2.75, 3.05) is 5.73 Å². The summed E-state index contributed by atoms with van der Waals surface area (Å²) in [6.45, 7) is 3.96. The van der Waals surface area contributed by atoms with E-state index in [1.54, 1.807) is 18.5 Å². The van der Waals surface area contributed by atoms with Crippen molar-refractivity contribution < 1.29 is 5.11 Å². The SMILES string of the molecule is CC.N#Cc1cncc(-c2ccc3nc(-c4cccnc4N)n(-c4ccc(CO)cc4)c3n2)c1. The molecule has 0 saturated carbocycles. The molecule has 0 unspecified atom stereocenters. The molecule has 0 saturated heterocycles. The molecule has 3 N–H and O–H groups in total. The van der Waals surface area contributed by atoms with Crippen molar-refractivity contribution >= 4 is 17.0 Å². The van der Waals surface area contributed by atoms with Gasteiger partial charge in [0.1, 0.15) is 17.4 Å². The minimum atomic E-state index is -0.0437. The summed E-state index contributed by atoms with van der Waals surface area (Å²) in [7, 11) is 0. The maximum absolute atomic E-state index is 9.42. The first kappa shape index (κ1) is 22.6. The number of aliphatic hydroxyl groups is 1. The van der Waals surface area contributed by atoms with E-state index in [1.807, 2.05) is 66.9 Å². The first-order valence-electron chi connectivity index (χ1n) is 10.8. The number of aromatic nitrogens is 5. The van der Waals surface area contributed by atoms with Crippen molar-refractivity contribution in [3.63, 3.8) is 0 Å². The van der Waals surface area contributed by atoms with Gasteiger partial charge < -0.3 is 10.8 Å². The third-order valence-corrected chi connectivity index (χ3v) is 5.12. The van der Waals surface area contributed by atoms with E-state index in [0.29, 0.717) is 39.6 Å². The smallest absolute Gasteiger partial charge is 0.165 e. The van der Waals surface area contributed by atoms with Gasteiger partial charge in [-0.1, -0.05) is 26.0 Å². The highest BCUT2D eigenvalue weighted by Crippen LogP contribution is 2.31. The number of fused-ring (bicyclic) bond motifs is 1. The number of benzene rings is 1. The third-order valence-electron chi connectivity index (χ3n) is 5.12. The van der Waals surface area contributed by atoms with Gasteiger partial charge in [0.15, 0.2) is 11.5 Å². The molecule has 0 radical (unpaired) electrons. The number of nitrogens with zero attached hydrogens (tertiary/aromatic N) is 6. The van der Waals surface area contributed by atoms with Crippen LogP contribution in [0.4, 0.5) is 5.82 Å². The van der Waals surface area contributed by atoms with Crippen LogP contribution in [0.5, 0.6) is 0 Å². The Morgan fingerprint density at radius 1 is 1.03 bits per heavy atom. The lowest BCUT2D eigenvalue weighted by Crippen LogP contribution is -2.02. The molecule has 0 atom stereocenters. The van der Waals surface area contributed by atoms with Gasteiger partial charge in [-0.15, -0.1) is 0 Å². The van der Waals surface area contributed by atoms with Crippen LogP contribution in [0.15, 0.2) is 73.2 Å². The van der Waals surface area contributed by atoms with Crippen LogP contribution < -0.4 is 5.73 Å². The van der Waals surface area contributed by atoms with Crippen molar-refractivity contribution in [2.45, 2.75) is 20.5 Å². The number of rotatable bonds is 4. The number of imidazole rings is 1. The van der Waals surface area contributed by atoms with Gasteiger partial charge in [-0.05, 0) is 48.0 Å². The zero-order chi connectivity index (χ0) is 24.1. The summed E-state index contributed by atoms with van der Waals surface area (Å²) in [5.74, 6) is 0.970. The molecule has 34 heavy (non-hydrogen) atoms. The fraction of sp³-hybridized carbons (Fsp3) is 0.115. The van der Waals surface area contributed by atoms with Crippen LogP contribution in [-0.2, 0) is 6.61 Å². The topological polar surface area (TPSA) is 127 Å². The largest absolute Gasteiger partial charge is 0.392 e. The second kappa shape index (κ2) is 9.90. The van der Waals surface area contributed by atoms with Crippen molar-refractivity contribution in [2.24, 2.45) is 0 Å². The summed E-state index contributed by atoms with van der Waals surface area (Å²) in [5, 5.41) is 18.6. The standard InChI is InChI=1S/C24H17N7O.C2H6/c25-11-16-10-17(13-27-12-16)20-7-8-21-24(29-20)31(18-5-3-15(14-32)4-6-18)23(30-21)19-2-1-9-28-22(19)26;1-2/h1-10,12-13,32H,14H2,(H2,26,28);1-2H3. The average molecular weight is 450 g/mol. The Bertz CT molecular complexity index is 1480. The second-order valence-electron chi connectivity index (χ2n) is 7.14. The molecule has 0 amide bonds. The Labute approximate surface area is 197 Å². The number of nitriles is 1. The van der Waals surface area contributed by atoms with E-state index in [9.17, 15) is 10.4 Å². The van der Waals surface area contributed by atoms with E-state index in [-0.39, 0.29) is 6.61 Å². The monoisotopic (exact) mass is 449 g/mol. The maximum atomic E-state index is 9.42. The van der Waals surface area contributed by atoms with E-state index in [0.717, 1.165) is 16.8 Å². The fourth-order valence-electron chi connectivity index (χ4n) is 3.54. The van der Waals surface area contributed by atoms with Gasteiger partial charge in [0, 0.05) is 29.8 Å². The first-order chi connectivity index (χ1) is 16.7.